The van der Waals surface area contributed by atoms with Crippen LogP contribution in [0.5, 0.6) is 0 Å². The summed E-state index contributed by atoms with van der Waals surface area (Å²) in [5.74, 6) is 0.0897. The van der Waals surface area contributed by atoms with Crippen molar-refractivity contribution < 1.29 is 13.6 Å². The van der Waals surface area contributed by atoms with Crippen LogP contribution < -0.4 is 4.90 Å². The van der Waals surface area contributed by atoms with E-state index in [1.807, 2.05) is 30.3 Å². The highest BCUT2D eigenvalue weighted by atomic mass is 35.5. The summed E-state index contributed by atoms with van der Waals surface area (Å²) in [5, 5.41) is 0.370. The number of hydrogen-bond acceptors (Lipinski definition) is 5. The standard InChI is InChI=1S/C21H11ClFN3O2S/c22-14-10-16-18(11-15(14)23)29-21(25-16)26-19(12-5-2-1-3-6-12)24-17(20(26)27)9-13-7-4-8-28-13/h1-11H/b17-9+. The first kappa shape index (κ1) is 17.8. The molecule has 2 aromatic heterocycles. The van der Waals surface area contributed by atoms with E-state index in [1.54, 1.807) is 18.2 Å². The van der Waals surface area contributed by atoms with Crippen LogP contribution in [0.4, 0.5) is 9.52 Å². The fraction of sp³-hybridized carbons (Fsp3) is 0. The molecule has 0 atom stereocenters. The van der Waals surface area contributed by atoms with E-state index in [9.17, 15) is 9.18 Å². The predicted molar refractivity (Wildman–Crippen MR) is 112 cm³/mol. The van der Waals surface area contributed by atoms with Gasteiger partial charge >= 0.3 is 0 Å². The Labute approximate surface area is 173 Å². The molecule has 142 valence electrons. The van der Waals surface area contributed by atoms with Crippen LogP contribution in [-0.2, 0) is 4.79 Å². The van der Waals surface area contributed by atoms with Gasteiger partial charge in [-0.15, -0.1) is 0 Å². The Morgan fingerprint density at radius 1 is 1.14 bits per heavy atom. The summed E-state index contributed by atoms with van der Waals surface area (Å²) >= 11 is 7.07. The number of nitrogens with zero attached hydrogens (tertiary/aromatic N) is 3. The number of thiazole rings is 1. The van der Waals surface area contributed by atoms with Crippen LogP contribution in [0.15, 0.2) is 76.0 Å². The number of rotatable bonds is 3. The average Bonchev–Trinajstić information content (AvgIpc) is 3.43. The number of halogens is 2. The molecule has 0 spiro atoms. The van der Waals surface area contributed by atoms with Gasteiger partial charge in [0.1, 0.15) is 23.1 Å². The number of amides is 1. The van der Waals surface area contributed by atoms with Crippen molar-refractivity contribution in [2.24, 2.45) is 4.99 Å². The molecular weight excluding hydrogens is 413 g/mol. The van der Waals surface area contributed by atoms with E-state index in [0.717, 1.165) is 5.56 Å². The van der Waals surface area contributed by atoms with Gasteiger partial charge in [0.25, 0.3) is 5.91 Å². The van der Waals surface area contributed by atoms with Crippen LogP contribution in [-0.4, -0.2) is 16.7 Å². The zero-order valence-corrected chi connectivity index (χ0v) is 16.2. The van der Waals surface area contributed by atoms with Gasteiger partial charge in [-0.1, -0.05) is 53.3 Å². The van der Waals surface area contributed by atoms with Crippen LogP contribution in [0.25, 0.3) is 16.3 Å². The summed E-state index contributed by atoms with van der Waals surface area (Å²) < 4.78 is 19.8. The first-order valence-corrected chi connectivity index (χ1v) is 9.79. The van der Waals surface area contributed by atoms with Crippen molar-refractivity contribution in [3.05, 3.63) is 88.7 Å². The third kappa shape index (κ3) is 3.14. The Morgan fingerprint density at radius 2 is 1.97 bits per heavy atom. The molecule has 0 radical (unpaired) electrons. The number of carbonyl (C=O) groups excluding carboxylic acids is 1. The molecule has 1 aliphatic heterocycles. The Bertz CT molecular complexity index is 1260. The highest BCUT2D eigenvalue weighted by molar-refractivity contribution is 7.22. The van der Waals surface area contributed by atoms with Crippen molar-refractivity contribution >= 4 is 56.1 Å². The highest BCUT2D eigenvalue weighted by Crippen LogP contribution is 2.35. The summed E-state index contributed by atoms with van der Waals surface area (Å²) in [6.07, 6.45) is 3.10. The maximum atomic E-state index is 13.9. The smallest absolute Gasteiger partial charge is 0.284 e. The predicted octanol–water partition coefficient (Wildman–Crippen LogP) is 5.52. The Balaban J connectivity index is 1.66. The molecule has 2 aromatic carbocycles. The van der Waals surface area contributed by atoms with E-state index in [0.29, 0.717) is 26.9 Å². The summed E-state index contributed by atoms with van der Waals surface area (Å²) in [6, 6.07) is 15.6. The van der Waals surface area contributed by atoms with Crippen molar-refractivity contribution in [3.63, 3.8) is 0 Å². The zero-order chi connectivity index (χ0) is 20.0. The molecule has 5 nitrogen and oxygen atoms in total. The monoisotopic (exact) mass is 423 g/mol. The van der Waals surface area contributed by atoms with Crippen molar-refractivity contribution in [1.82, 2.24) is 4.98 Å². The molecule has 0 bridgehead atoms. The van der Waals surface area contributed by atoms with Gasteiger partial charge in [0.15, 0.2) is 5.13 Å². The maximum absolute atomic E-state index is 13.9. The maximum Gasteiger partial charge on any atom is 0.284 e. The van der Waals surface area contributed by atoms with Gasteiger partial charge in [0, 0.05) is 11.6 Å². The number of fused-ring (bicyclic) bond motifs is 1. The molecule has 4 aromatic rings. The van der Waals surface area contributed by atoms with E-state index in [-0.39, 0.29) is 16.6 Å². The molecule has 8 heteroatoms. The van der Waals surface area contributed by atoms with Gasteiger partial charge in [-0.2, -0.15) is 0 Å². The van der Waals surface area contributed by atoms with Gasteiger partial charge in [0.2, 0.25) is 0 Å². The first-order chi connectivity index (χ1) is 14.1. The number of aliphatic imine (C=N–C) groups is 1. The second-order valence-corrected chi connectivity index (χ2v) is 7.63. The van der Waals surface area contributed by atoms with Gasteiger partial charge in [-0.05, 0) is 24.3 Å². The van der Waals surface area contributed by atoms with E-state index >= 15 is 0 Å². The van der Waals surface area contributed by atoms with Gasteiger partial charge in [-0.25, -0.2) is 19.3 Å². The second-order valence-electron chi connectivity index (χ2n) is 6.22. The van der Waals surface area contributed by atoms with Crippen molar-refractivity contribution in [1.29, 1.82) is 0 Å². The largest absolute Gasteiger partial charge is 0.465 e. The van der Waals surface area contributed by atoms with Crippen LogP contribution in [0, 0.1) is 5.82 Å². The third-order valence-corrected chi connectivity index (χ3v) is 5.62. The Kier molecular flexibility index (Phi) is 4.26. The van der Waals surface area contributed by atoms with Crippen molar-refractivity contribution in [2.45, 2.75) is 0 Å². The molecule has 1 amide bonds. The number of benzene rings is 2. The van der Waals surface area contributed by atoms with E-state index in [1.165, 1.54) is 34.6 Å². The molecule has 29 heavy (non-hydrogen) atoms. The van der Waals surface area contributed by atoms with Gasteiger partial charge in [0.05, 0.1) is 21.5 Å². The first-order valence-electron chi connectivity index (χ1n) is 8.59. The normalized spacial score (nSPS) is 15.5. The SMILES string of the molecule is O=C1/C(=C\c2ccco2)N=C(c2ccccc2)N1c1nc2cc(Cl)c(F)cc2s1. The lowest BCUT2D eigenvalue weighted by atomic mass is 10.2. The number of furan rings is 1. The average molecular weight is 424 g/mol. The fourth-order valence-corrected chi connectivity index (χ4v) is 4.12. The molecular formula is C21H11ClFN3O2S. The topological polar surface area (TPSA) is 58.7 Å². The summed E-state index contributed by atoms with van der Waals surface area (Å²) in [7, 11) is 0. The number of hydrogen-bond donors (Lipinski definition) is 0. The van der Waals surface area contributed by atoms with Gasteiger partial charge in [-0.3, -0.25) is 4.79 Å². The number of carbonyl (C=O) groups is 1. The van der Waals surface area contributed by atoms with E-state index in [2.05, 4.69) is 9.98 Å². The minimum atomic E-state index is -0.530. The molecule has 3 heterocycles. The minimum absolute atomic E-state index is 0.0162. The third-order valence-electron chi connectivity index (χ3n) is 4.33. The summed E-state index contributed by atoms with van der Waals surface area (Å²) in [5.41, 5.74) is 1.49. The van der Waals surface area contributed by atoms with Crippen LogP contribution in [0.3, 0.4) is 0 Å². The van der Waals surface area contributed by atoms with E-state index in [4.69, 9.17) is 16.0 Å². The molecule has 0 fully saturated rings. The number of amidine groups is 1. The lowest BCUT2D eigenvalue weighted by molar-refractivity contribution is -0.113. The quantitative estimate of drug-likeness (QED) is 0.408. The van der Waals surface area contributed by atoms with Crippen LogP contribution in [0.1, 0.15) is 11.3 Å². The molecule has 0 saturated heterocycles. The molecule has 0 N–H and O–H groups in total. The minimum Gasteiger partial charge on any atom is -0.465 e. The Hall–Kier alpha value is -3.29. The summed E-state index contributed by atoms with van der Waals surface area (Å²) in [4.78, 5) is 23.7. The van der Waals surface area contributed by atoms with Crippen molar-refractivity contribution in [2.75, 3.05) is 4.90 Å². The Morgan fingerprint density at radius 3 is 2.72 bits per heavy atom. The summed E-state index contributed by atoms with van der Waals surface area (Å²) in [6.45, 7) is 0. The molecule has 0 unspecified atom stereocenters. The highest BCUT2D eigenvalue weighted by Gasteiger charge is 2.34. The molecule has 0 saturated carbocycles. The number of anilines is 1. The molecule has 0 aliphatic carbocycles. The fourth-order valence-electron chi connectivity index (χ4n) is 2.99. The molecule has 1 aliphatic rings. The van der Waals surface area contributed by atoms with Crippen LogP contribution in [0.2, 0.25) is 5.02 Å². The van der Waals surface area contributed by atoms with E-state index < -0.39 is 5.82 Å². The molecule has 5 rings (SSSR count). The van der Waals surface area contributed by atoms with Crippen LogP contribution >= 0.6 is 22.9 Å². The van der Waals surface area contributed by atoms with Crippen molar-refractivity contribution in [3.8, 4) is 0 Å². The zero-order valence-electron chi connectivity index (χ0n) is 14.7. The van der Waals surface area contributed by atoms with Gasteiger partial charge < -0.3 is 4.42 Å². The lowest BCUT2D eigenvalue weighted by Crippen LogP contribution is -2.32. The number of aromatic nitrogens is 1. The second kappa shape index (κ2) is 6.95. The lowest BCUT2D eigenvalue weighted by Gasteiger charge is -2.14.